The van der Waals surface area contributed by atoms with Crippen molar-refractivity contribution in [1.29, 1.82) is 0 Å². The third-order valence-corrected chi connectivity index (χ3v) is 6.16. The van der Waals surface area contributed by atoms with E-state index in [1.165, 1.54) is 12.1 Å². The van der Waals surface area contributed by atoms with Crippen LogP contribution in [0.5, 0.6) is 0 Å². The van der Waals surface area contributed by atoms with Gasteiger partial charge in [-0.25, -0.2) is 17.5 Å². The summed E-state index contributed by atoms with van der Waals surface area (Å²) < 4.78 is 45.2. The lowest BCUT2D eigenvalue weighted by molar-refractivity contribution is -0.130. The summed E-state index contributed by atoms with van der Waals surface area (Å²) in [5, 5.41) is 3.82. The van der Waals surface area contributed by atoms with Gasteiger partial charge in [0.15, 0.2) is 5.82 Å². The number of likely N-dealkylation sites (tertiary alicyclic amines) is 1. The average molecular weight is 431 g/mol. The van der Waals surface area contributed by atoms with E-state index in [0.717, 1.165) is 17.7 Å². The van der Waals surface area contributed by atoms with Gasteiger partial charge in [0, 0.05) is 25.4 Å². The molecule has 1 amide bonds. The van der Waals surface area contributed by atoms with E-state index in [1.807, 2.05) is 12.1 Å². The number of aromatic nitrogens is 3. The molecule has 3 aromatic rings. The highest BCUT2D eigenvalue weighted by Crippen LogP contribution is 2.33. The number of halogens is 1. The van der Waals surface area contributed by atoms with Crippen molar-refractivity contribution < 1.29 is 22.1 Å². The van der Waals surface area contributed by atoms with Gasteiger partial charge in [0.05, 0.1) is 11.4 Å². The van der Waals surface area contributed by atoms with Crippen LogP contribution in [0.3, 0.4) is 0 Å². The number of benzene rings is 1. The second kappa shape index (κ2) is 8.28. The molecule has 1 aliphatic heterocycles. The van der Waals surface area contributed by atoms with Crippen molar-refractivity contribution >= 4 is 15.9 Å². The first-order valence-corrected chi connectivity index (χ1v) is 10.7. The SMILES string of the molecule is O=C1CC[C@@H](c2nc(CNS(=O)(=O)c3ccc(F)cc3)no2)N1Cc1ccncc1. The largest absolute Gasteiger partial charge is 0.337 e. The van der Waals surface area contributed by atoms with Crippen LogP contribution < -0.4 is 4.72 Å². The van der Waals surface area contributed by atoms with E-state index in [1.54, 1.807) is 17.3 Å². The van der Waals surface area contributed by atoms with Crippen LogP contribution in [-0.4, -0.2) is 34.3 Å². The number of rotatable bonds is 7. The molecule has 4 rings (SSSR count). The molecule has 1 fully saturated rings. The summed E-state index contributed by atoms with van der Waals surface area (Å²) in [6.45, 7) is 0.190. The molecule has 30 heavy (non-hydrogen) atoms. The lowest BCUT2D eigenvalue weighted by atomic mass is 10.2. The molecule has 1 aliphatic rings. The molecule has 0 bridgehead atoms. The average Bonchev–Trinajstić information content (AvgIpc) is 3.35. The van der Waals surface area contributed by atoms with Crippen molar-refractivity contribution in [2.75, 3.05) is 0 Å². The van der Waals surface area contributed by atoms with Crippen LogP contribution >= 0.6 is 0 Å². The molecule has 0 spiro atoms. The number of nitrogens with one attached hydrogen (secondary N) is 1. The second-order valence-corrected chi connectivity index (χ2v) is 8.53. The number of sulfonamides is 1. The van der Waals surface area contributed by atoms with Crippen LogP contribution in [0.1, 0.15) is 36.2 Å². The van der Waals surface area contributed by atoms with Gasteiger partial charge >= 0.3 is 0 Å². The van der Waals surface area contributed by atoms with E-state index in [4.69, 9.17) is 4.52 Å². The van der Waals surface area contributed by atoms with E-state index in [-0.39, 0.29) is 35.1 Å². The molecule has 3 heterocycles. The summed E-state index contributed by atoms with van der Waals surface area (Å²) in [6, 6.07) is 7.74. The van der Waals surface area contributed by atoms with Crippen molar-refractivity contribution in [2.45, 2.75) is 36.9 Å². The lowest BCUT2D eigenvalue weighted by Crippen LogP contribution is -2.27. The summed E-state index contributed by atoms with van der Waals surface area (Å²) >= 11 is 0. The van der Waals surface area contributed by atoms with Crippen LogP contribution in [0.2, 0.25) is 0 Å². The molecular formula is C19H18FN5O4S. The number of pyridine rings is 1. The Kier molecular flexibility index (Phi) is 5.55. The topological polar surface area (TPSA) is 118 Å². The highest BCUT2D eigenvalue weighted by molar-refractivity contribution is 7.89. The zero-order chi connectivity index (χ0) is 21.1. The first-order chi connectivity index (χ1) is 14.4. The fourth-order valence-corrected chi connectivity index (χ4v) is 4.18. The quantitative estimate of drug-likeness (QED) is 0.607. The van der Waals surface area contributed by atoms with Crippen molar-refractivity contribution in [3.8, 4) is 0 Å². The van der Waals surface area contributed by atoms with E-state index in [0.29, 0.717) is 19.4 Å². The number of hydrogen-bond donors (Lipinski definition) is 1. The maximum Gasteiger partial charge on any atom is 0.249 e. The maximum absolute atomic E-state index is 13.0. The Bertz CT molecular complexity index is 1140. The van der Waals surface area contributed by atoms with Gasteiger partial charge in [0.1, 0.15) is 11.9 Å². The molecule has 0 unspecified atom stereocenters. The van der Waals surface area contributed by atoms with Gasteiger partial charge in [-0.1, -0.05) is 5.16 Å². The van der Waals surface area contributed by atoms with E-state index in [2.05, 4.69) is 19.8 Å². The minimum Gasteiger partial charge on any atom is -0.337 e. The summed E-state index contributed by atoms with van der Waals surface area (Å²) in [4.78, 5) is 22.1. The first-order valence-electron chi connectivity index (χ1n) is 9.18. The molecule has 2 aromatic heterocycles. The minimum absolute atomic E-state index is 0.0198. The Balaban J connectivity index is 1.44. The van der Waals surface area contributed by atoms with Crippen LogP contribution in [0.15, 0.2) is 58.2 Å². The zero-order valence-electron chi connectivity index (χ0n) is 15.7. The smallest absolute Gasteiger partial charge is 0.249 e. The highest BCUT2D eigenvalue weighted by atomic mass is 32.2. The Hall–Kier alpha value is -3.18. The normalized spacial score (nSPS) is 16.9. The van der Waals surface area contributed by atoms with Gasteiger partial charge in [-0.3, -0.25) is 9.78 Å². The Morgan fingerprint density at radius 2 is 1.90 bits per heavy atom. The monoisotopic (exact) mass is 431 g/mol. The van der Waals surface area contributed by atoms with Crippen LogP contribution in [-0.2, 0) is 27.9 Å². The number of carbonyl (C=O) groups excluding carboxylic acids is 1. The Morgan fingerprint density at radius 3 is 2.63 bits per heavy atom. The van der Waals surface area contributed by atoms with Crippen LogP contribution in [0, 0.1) is 5.82 Å². The molecule has 0 saturated carbocycles. The number of nitrogens with zero attached hydrogens (tertiary/aromatic N) is 4. The van der Waals surface area contributed by atoms with Crippen molar-refractivity contribution in [3.05, 3.63) is 71.9 Å². The van der Waals surface area contributed by atoms with Crippen LogP contribution in [0.4, 0.5) is 4.39 Å². The third-order valence-electron chi connectivity index (χ3n) is 4.74. The van der Waals surface area contributed by atoms with Gasteiger partial charge in [-0.15, -0.1) is 0 Å². The predicted molar refractivity (Wildman–Crippen MR) is 101 cm³/mol. The molecule has 0 radical (unpaired) electrons. The van der Waals surface area contributed by atoms with Gasteiger partial charge in [-0.2, -0.15) is 4.98 Å². The molecule has 11 heteroatoms. The van der Waals surface area contributed by atoms with Gasteiger partial charge < -0.3 is 9.42 Å². The maximum atomic E-state index is 13.0. The van der Waals surface area contributed by atoms with E-state index >= 15 is 0 Å². The third kappa shape index (κ3) is 4.36. The molecular weight excluding hydrogens is 413 g/mol. The standard InChI is InChI=1S/C19H18FN5O4S/c20-14-1-3-15(4-2-14)30(27,28)22-11-17-23-19(29-24-17)16-5-6-18(26)25(16)12-13-7-9-21-10-8-13/h1-4,7-10,16,22H,5-6,11-12H2/t16-/m0/s1. The first kappa shape index (κ1) is 20.1. The molecule has 9 nitrogen and oxygen atoms in total. The lowest BCUT2D eigenvalue weighted by Gasteiger charge is -2.21. The van der Waals surface area contributed by atoms with E-state index in [9.17, 15) is 17.6 Å². The van der Waals surface area contributed by atoms with E-state index < -0.39 is 15.8 Å². The predicted octanol–water partition coefficient (Wildman–Crippen LogP) is 1.95. The molecule has 1 N–H and O–H groups in total. The fraction of sp³-hybridized carbons (Fsp3) is 0.263. The van der Waals surface area contributed by atoms with Gasteiger partial charge in [0.25, 0.3) is 0 Å². The number of hydrogen-bond acceptors (Lipinski definition) is 7. The van der Waals surface area contributed by atoms with Gasteiger partial charge in [0.2, 0.25) is 21.8 Å². The Morgan fingerprint density at radius 1 is 1.17 bits per heavy atom. The van der Waals surface area contributed by atoms with Crippen molar-refractivity contribution in [2.24, 2.45) is 0 Å². The summed E-state index contributed by atoms with van der Waals surface area (Å²) in [6.07, 6.45) is 4.21. The molecule has 156 valence electrons. The molecule has 0 aliphatic carbocycles. The van der Waals surface area contributed by atoms with Gasteiger partial charge in [-0.05, 0) is 48.4 Å². The van der Waals surface area contributed by atoms with Crippen molar-refractivity contribution in [3.63, 3.8) is 0 Å². The highest BCUT2D eigenvalue weighted by Gasteiger charge is 2.36. The summed E-state index contributed by atoms with van der Waals surface area (Å²) in [5.74, 6) is -0.155. The van der Waals surface area contributed by atoms with Crippen LogP contribution in [0.25, 0.3) is 0 Å². The number of amides is 1. The molecule has 1 aromatic carbocycles. The molecule has 1 saturated heterocycles. The molecule has 1 atom stereocenters. The Labute approximate surface area is 172 Å². The zero-order valence-corrected chi connectivity index (χ0v) is 16.5. The number of carbonyl (C=O) groups is 1. The summed E-state index contributed by atoms with van der Waals surface area (Å²) in [5.41, 5.74) is 0.928. The second-order valence-electron chi connectivity index (χ2n) is 6.76. The fourth-order valence-electron chi connectivity index (χ4n) is 3.20. The minimum atomic E-state index is -3.85. The summed E-state index contributed by atoms with van der Waals surface area (Å²) in [7, 11) is -3.85. The van der Waals surface area contributed by atoms with Crippen molar-refractivity contribution in [1.82, 2.24) is 24.7 Å².